The number of hydrogen-bond acceptors (Lipinski definition) is 2. The van der Waals surface area contributed by atoms with Gasteiger partial charge in [-0.2, -0.15) is 0 Å². The molecule has 0 bridgehead atoms. The summed E-state index contributed by atoms with van der Waals surface area (Å²) in [5.41, 5.74) is 0. The van der Waals surface area contributed by atoms with E-state index in [1.165, 1.54) is 77.0 Å². The van der Waals surface area contributed by atoms with Crippen LogP contribution in [0.2, 0.25) is 0 Å². The van der Waals surface area contributed by atoms with Crippen molar-refractivity contribution in [1.29, 1.82) is 0 Å². The third-order valence-electron chi connectivity index (χ3n) is 3.28. The first-order chi connectivity index (χ1) is 9.41. The normalized spacial score (nSPS) is 11.1. The minimum Gasteiger partial charge on any atom is -0.328 e. The Morgan fingerprint density at radius 3 is 1.32 bits per heavy atom. The summed E-state index contributed by atoms with van der Waals surface area (Å²) >= 11 is 0. The van der Waals surface area contributed by atoms with Crippen LogP contribution in [0.3, 0.4) is 0 Å². The zero-order chi connectivity index (χ0) is 14.0. The molecular weight excluding hydrogens is 255 g/mol. The van der Waals surface area contributed by atoms with Gasteiger partial charge in [-0.15, -0.1) is 0 Å². The molecule has 3 heteroatoms. The van der Waals surface area contributed by atoms with Gasteiger partial charge in [0, 0.05) is 0 Å². The highest BCUT2D eigenvalue weighted by molar-refractivity contribution is 7.26. The maximum Gasteiger partial charge on any atom is 0.256 e. The van der Waals surface area contributed by atoms with E-state index in [0.29, 0.717) is 0 Å². The highest BCUT2D eigenvalue weighted by atomic mass is 31.1. The Morgan fingerprint density at radius 2 is 0.895 bits per heavy atom. The van der Waals surface area contributed by atoms with Crippen molar-refractivity contribution in [3.63, 3.8) is 0 Å². The third-order valence-corrected chi connectivity index (χ3v) is 3.86. The molecule has 0 N–H and O–H groups in total. The van der Waals surface area contributed by atoms with E-state index in [1.54, 1.807) is 0 Å². The number of rotatable bonds is 16. The summed E-state index contributed by atoms with van der Waals surface area (Å²) in [6, 6.07) is 0. The van der Waals surface area contributed by atoms with Crippen molar-refractivity contribution in [2.45, 2.75) is 90.9 Å². The monoisotopic (exact) mass is 289 g/mol. The number of unbranched alkanes of at least 4 members (excludes halogenated alkanes) is 10. The Morgan fingerprint density at radius 1 is 0.526 bits per heavy atom. The van der Waals surface area contributed by atoms with Crippen LogP contribution in [-0.4, -0.2) is 13.2 Å². The zero-order valence-corrected chi connectivity index (χ0v) is 14.1. The molecular formula is C16H34O2P. The molecule has 0 unspecified atom stereocenters. The Hall–Kier alpha value is 0.350. The van der Waals surface area contributed by atoms with Crippen LogP contribution in [0, 0.1) is 0 Å². The van der Waals surface area contributed by atoms with Gasteiger partial charge in [-0.25, -0.2) is 0 Å². The molecule has 19 heavy (non-hydrogen) atoms. The third kappa shape index (κ3) is 18.4. The smallest absolute Gasteiger partial charge is 0.256 e. The lowest BCUT2D eigenvalue weighted by Crippen LogP contribution is -1.90. The van der Waals surface area contributed by atoms with Crippen molar-refractivity contribution in [3.05, 3.63) is 0 Å². The van der Waals surface area contributed by atoms with Gasteiger partial charge in [0.05, 0.1) is 13.2 Å². The molecule has 0 aliphatic rings. The molecule has 0 amide bonds. The van der Waals surface area contributed by atoms with E-state index < -0.39 is 0 Å². The first kappa shape index (κ1) is 19.4. The summed E-state index contributed by atoms with van der Waals surface area (Å²) in [4.78, 5) is 0. The van der Waals surface area contributed by atoms with Crippen molar-refractivity contribution >= 4 is 9.03 Å². The van der Waals surface area contributed by atoms with Crippen LogP contribution in [-0.2, 0) is 9.05 Å². The van der Waals surface area contributed by atoms with Gasteiger partial charge in [-0.3, -0.25) is 0 Å². The lowest BCUT2D eigenvalue weighted by molar-refractivity contribution is 0.256. The van der Waals surface area contributed by atoms with Crippen molar-refractivity contribution in [1.82, 2.24) is 0 Å². The molecule has 0 rings (SSSR count). The number of hydrogen-bond donors (Lipinski definition) is 0. The van der Waals surface area contributed by atoms with Gasteiger partial charge < -0.3 is 9.05 Å². The maximum absolute atomic E-state index is 5.44. The summed E-state index contributed by atoms with van der Waals surface area (Å²) in [7, 11) is 0.723. The molecule has 0 aromatic heterocycles. The van der Waals surface area contributed by atoms with E-state index in [0.717, 1.165) is 22.2 Å². The lowest BCUT2D eigenvalue weighted by atomic mass is 10.1. The molecule has 0 aromatic rings. The summed E-state index contributed by atoms with van der Waals surface area (Å²) < 4.78 is 10.9. The molecule has 0 spiro atoms. The van der Waals surface area contributed by atoms with E-state index >= 15 is 0 Å². The second kappa shape index (κ2) is 18.4. The van der Waals surface area contributed by atoms with Crippen molar-refractivity contribution < 1.29 is 9.05 Å². The standard InChI is InChI=1S/C16H34O2P/c1-3-5-7-9-11-13-15-17-19-18-16-14-12-10-8-6-4-2/h3-16H2,1-2H3. The Kier molecular flexibility index (Phi) is 18.7. The second-order valence-electron chi connectivity index (χ2n) is 5.28. The first-order valence-corrected chi connectivity index (χ1v) is 9.09. The molecule has 0 aliphatic carbocycles. The summed E-state index contributed by atoms with van der Waals surface area (Å²) in [6.07, 6.45) is 15.8. The summed E-state index contributed by atoms with van der Waals surface area (Å²) in [5.74, 6) is 0. The molecule has 0 aliphatic heterocycles. The predicted molar refractivity (Wildman–Crippen MR) is 85.6 cm³/mol. The van der Waals surface area contributed by atoms with E-state index in [4.69, 9.17) is 9.05 Å². The van der Waals surface area contributed by atoms with Gasteiger partial charge >= 0.3 is 0 Å². The highest BCUT2D eigenvalue weighted by Gasteiger charge is 1.94. The SMILES string of the molecule is CCCCCCCCO[P]OCCCCCCCC. The molecule has 0 aromatic carbocycles. The second-order valence-corrected chi connectivity index (χ2v) is 5.94. The van der Waals surface area contributed by atoms with Crippen LogP contribution in [0.1, 0.15) is 90.9 Å². The molecule has 0 saturated heterocycles. The van der Waals surface area contributed by atoms with Crippen LogP contribution in [0.5, 0.6) is 0 Å². The van der Waals surface area contributed by atoms with Gasteiger partial charge in [-0.05, 0) is 12.8 Å². The van der Waals surface area contributed by atoms with Gasteiger partial charge in [0.25, 0.3) is 9.03 Å². The van der Waals surface area contributed by atoms with E-state index in [9.17, 15) is 0 Å². The highest BCUT2D eigenvalue weighted by Crippen LogP contribution is 2.16. The topological polar surface area (TPSA) is 18.5 Å². The van der Waals surface area contributed by atoms with Crippen LogP contribution in [0.4, 0.5) is 0 Å². The maximum atomic E-state index is 5.44. The Labute approximate surface area is 123 Å². The summed E-state index contributed by atoms with van der Waals surface area (Å²) in [5, 5.41) is 0. The minimum atomic E-state index is 0.723. The van der Waals surface area contributed by atoms with Gasteiger partial charge in [-0.1, -0.05) is 78.1 Å². The molecule has 0 heterocycles. The van der Waals surface area contributed by atoms with Gasteiger partial charge in [0.15, 0.2) is 0 Å². The fourth-order valence-electron chi connectivity index (χ4n) is 2.01. The van der Waals surface area contributed by atoms with Crippen molar-refractivity contribution in [3.8, 4) is 0 Å². The Balaban J connectivity index is 2.88. The molecule has 0 atom stereocenters. The van der Waals surface area contributed by atoms with Crippen LogP contribution < -0.4 is 0 Å². The van der Waals surface area contributed by atoms with E-state index in [1.807, 2.05) is 0 Å². The molecule has 2 nitrogen and oxygen atoms in total. The van der Waals surface area contributed by atoms with E-state index in [2.05, 4.69) is 13.8 Å². The molecule has 0 saturated carbocycles. The minimum absolute atomic E-state index is 0.723. The average molecular weight is 289 g/mol. The fourth-order valence-corrected chi connectivity index (χ4v) is 2.49. The average Bonchev–Trinajstić information content (AvgIpc) is 2.43. The summed E-state index contributed by atoms with van der Waals surface area (Å²) in [6.45, 7) is 6.21. The molecule has 115 valence electrons. The first-order valence-electron chi connectivity index (χ1n) is 8.36. The fraction of sp³-hybridized carbons (Fsp3) is 1.00. The van der Waals surface area contributed by atoms with Crippen LogP contribution in [0.25, 0.3) is 0 Å². The zero-order valence-electron chi connectivity index (χ0n) is 13.2. The van der Waals surface area contributed by atoms with Crippen molar-refractivity contribution in [2.24, 2.45) is 0 Å². The van der Waals surface area contributed by atoms with Crippen LogP contribution in [0.15, 0.2) is 0 Å². The van der Waals surface area contributed by atoms with E-state index in [-0.39, 0.29) is 0 Å². The Bertz CT molecular complexity index is 138. The van der Waals surface area contributed by atoms with Crippen molar-refractivity contribution in [2.75, 3.05) is 13.2 Å². The van der Waals surface area contributed by atoms with Crippen LogP contribution >= 0.6 is 9.03 Å². The molecule has 1 radical (unpaired) electrons. The predicted octanol–water partition coefficient (Wildman–Crippen LogP) is 6.52. The lowest BCUT2D eigenvalue weighted by Gasteiger charge is -2.04. The molecule has 0 fully saturated rings. The largest absolute Gasteiger partial charge is 0.328 e. The van der Waals surface area contributed by atoms with Gasteiger partial charge in [0.2, 0.25) is 0 Å². The quantitative estimate of drug-likeness (QED) is 0.238. The van der Waals surface area contributed by atoms with Gasteiger partial charge in [0.1, 0.15) is 0 Å².